The number of nitrogens with one attached hydrogen (secondary N) is 3. The van der Waals surface area contributed by atoms with E-state index < -0.39 is 35.8 Å². The number of carbonyl (C=O) groups excluding carboxylic acids is 5. The smallest absolute Gasteiger partial charge is 0.306 e. The first-order valence-corrected chi connectivity index (χ1v) is 12.1. The Kier molecular flexibility index (Phi) is 11.8. The van der Waals surface area contributed by atoms with Crippen molar-refractivity contribution >= 4 is 29.6 Å². The summed E-state index contributed by atoms with van der Waals surface area (Å²) in [6.45, 7) is 2.72. The normalized spacial score (nSPS) is 18.8. The Morgan fingerprint density at radius 1 is 1.06 bits per heavy atom. The highest BCUT2D eigenvalue weighted by Crippen LogP contribution is 2.21. The van der Waals surface area contributed by atoms with E-state index in [1.54, 1.807) is 0 Å². The van der Waals surface area contributed by atoms with E-state index in [1.807, 2.05) is 30.3 Å². The predicted molar refractivity (Wildman–Crippen MR) is 130 cm³/mol. The zero-order valence-electron chi connectivity index (χ0n) is 20.8. The molecule has 1 saturated carbocycles. The Balaban J connectivity index is 1.74. The van der Waals surface area contributed by atoms with Crippen LogP contribution in [0.15, 0.2) is 30.3 Å². The molecule has 11 heteroatoms. The molecule has 0 bridgehead atoms. The SMILES string of the molecule is CC(=O)N[C@@H]1CCCC[C@H]1OCC(=O)N[C@@H](C)C(=O)N[C@H](CCC(=O)OCc1ccccc1)C(N)=O. The molecular weight excluding hydrogens is 468 g/mol. The van der Waals surface area contributed by atoms with Crippen molar-refractivity contribution in [1.29, 1.82) is 0 Å². The number of amides is 4. The van der Waals surface area contributed by atoms with Gasteiger partial charge in [-0.1, -0.05) is 43.2 Å². The summed E-state index contributed by atoms with van der Waals surface area (Å²) in [5.41, 5.74) is 6.20. The molecular formula is C25H36N4O7. The molecule has 5 N–H and O–H groups in total. The average molecular weight is 505 g/mol. The third-order valence-electron chi connectivity index (χ3n) is 5.83. The summed E-state index contributed by atoms with van der Waals surface area (Å²) in [5, 5.41) is 7.82. The largest absolute Gasteiger partial charge is 0.461 e. The Labute approximate surface area is 210 Å². The molecule has 0 saturated heterocycles. The van der Waals surface area contributed by atoms with Crippen LogP contribution in [0, 0.1) is 0 Å². The second-order valence-corrected chi connectivity index (χ2v) is 8.88. The van der Waals surface area contributed by atoms with Crippen LogP contribution in [0.2, 0.25) is 0 Å². The second kappa shape index (κ2) is 14.8. The summed E-state index contributed by atoms with van der Waals surface area (Å²) >= 11 is 0. The highest BCUT2D eigenvalue weighted by molar-refractivity contribution is 5.91. The minimum Gasteiger partial charge on any atom is -0.461 e. The number of esters is 1. The van der Waals surface area contributed by atoms with Crippen LogP contribution in [-0.2, 0) is 40.1 Å². The van der Waals surface area contributed by atoms with Gasteiger partial charge in [0.2, 0.25) is 23.6 Å². The van der Waals surface area contributed by atoms with Gasteiger partial charge in [0, 0.05) is 13.3 Å². The van der Waals surface area contributed by atoms with Crippen LogP contribution in [0.3, 0.4) is 0 Å². The Morgan fingerprint density at radius 2 is 1.75 bits per heavy atom. The summed E-state index contributed by atoms with van der Waals surface area (Å²) < 4.78 is 10.9. The zero-order valence-corrected chi connectivity index (χ0v) is 20.8. The fourth-order valence-corrected chi connectivity index (χ4v) is 3.91. The first kappa shape index (κ1) is 28.8. The van der Waals surface area contributed by atoms with Crippen LogP contribution >= 0.6 is 0 Å². The van der Waals surface area contributed by atoms with E-state index in [0.29, 0.717) is 0 Å². The fraction of sp³-hybridized carbons (Fsp3) is 0.560. The maximum Gasteiger partial charge on any atom is 0.306 e. The van der Waals surface area contributed by atoms with Crippen LogP contribution in [0.25, 0.3) is 0 Å². The molecule has 4 atom stereocenters. The maximum atomic E-state index is 12.5. The molecule has 36 heavy (non-hydrogen) atoms. The van der Waals surface area contributed by atoms with Gasteiger partial charge in [-0.25, -0.2) is 0 Å². The van der Waals surface area contributed by atoms with Crippen LogP contribution in [0.1, 0.15) is 57.9 Å². The van der Waals surface area contributed by atoms with Gasteiger partial charge in [0.25, 0.3) is 0 Å². The van der Waals surface area contributed by atoms with Gasteiger partial charge in [0.05, 0.1) is 12.1 Å². The number of rotatable bonds is 13. The van der Waals surface area contributed by atoms with E-state index in [0.717, 1.165) is 31.2 Å². The number of hydrogen-bond acceptors (Lipinski definition) is 7. The summed E-state index contributed by atoms with van der Waals surface area (Å²) in [7, 11) is 0. The van der Waals surface area contributed by atoms with Crippen molar-refractivity contribution in [3.8, 4) is 0 Å². The van der Waals surface area contributed by atoms with Crippen molar-refractivity contribution in [3.05, 3.63) is 35.9 Å². The van der Waals surface area contributed by atoms with Gasteiger partial charge in [-0.2, -0.15) is 0 Å². The van der Waals surface area contributed by atoms with Crippen molar-refractivity contribution in [2.24, 2.45) is 5.73 Å². The topological polar surface area (TPSA) is 166 Å². The minimum absolute atomic E-state index is 0.0370. The van der Waals surface area contributed by atoms with Crippen molar-refractivity contribution in [1.82, 2.24) is 16.0 Å². The van der Waals surface area contributed by atoms with E-state index in [4.69, 9.17) is 15.2 Å². The van der Waals surface area contributed by atoms with E-state index in [1.165, 1.54) is 13.8 Å². The lowest BCUT2D eigenvalue weighted by atomic mass is 9.92. The average Bonchev–Trinajstić information content (AvgIpc) is 2.84. The van der Waals surface area contributed by atoms with Gasteiger partial charge in [-0.05, 0) is 31.7 Å². The number of benzene rings is 1. The number of primary amides is 1. The third kappa shape index (κ3) is 10.4. The second-order valence-electron chi connectivity index (χ2n) is 8.88. The van der Waals surface area contributed by atoms with Gasteiger partial charge >= 0.3 is 5.97 Å². The van der Waals surface area contributed by atoms with Gasteiger partial charge in [-0.15, -0.1) is 0 Å². The first-order chi connectivity index (χ1) is 17.2. The summed E-state index contributed by atoms with van der Waals surface area (Å²) in [5.74, 6) is -2.62. The van der Waals surface area contributed by atoms with E-state index in [9.17, 15) is 24.0 Å². The molecule has 0 radical (unpaired) electrons. The van der Waals surface area contributed by atoms with Gasteiger partial charge < -0.3 is 31.2 Å². The zero-order chi connectivity index (χ0) is 26.5. The molecule has 0 heterocycles. The number of carbonyl (C=O) groups is 5. The van der Waals surface area contributed by atoms with Crippen LogP contribution in [0.5, 0.6) is 0 Å². The van der Waals surface area contributed by atoms with E-state index >= 15 is 0 Å². The fourth-order valence-electron chi connectivity index (χ4n) is 3.91. The lowest BCUT2D eigenvalue weighted by Gasteiger charge is -2.31. The van der Waals surface area contributed by atoms with Gasteiger partial charge in [0.1, 0.15) is 25.3 Å². The van der Waals surface area contributed by atoms with Crippen molar-refractivity contribution < 1.29 is 33.4 Å². The van der Waals surface area contributed by atoms with Gasteiger partial charge in [0.15, 0.2) is 0 Å². The minimum atomic E-state index is -1.10. The van der Waals surface area contributed by atoms with Crippen LogP contribution < -0.4 is 21.7 Å². The maximum absolute atomic E-state index is 12.5. The standard InChI is InChI=1S/C25H36N4O7/c1-16(27-22(31)15-35-21-11-7-6-10-19(21)28-17(2)30)25(34)29-20(24(26)33)12-13-23(32)36-14-18-8-4-3-5-9-18/h3-5,8-9,16,19-21H,6-7,10-15H2,1-2H3,(H2,26,33)(H,27,31)(H,28,30)(H,29,34)/t16-,19+,20+,21+/m0/s1. The van der Waals surface area contributed by atoms with E-state index in [2.05, 4.69) is 16.0 Å². The Bertz CT molecular complexity index is 909. The third-order valence-corrected chi connectivity index (χ3v) is 5.83. The van der Waals surface area contributed by atoms with Crippen molar-refractivity contribution in [2.45, 2.75) is 83.2 Å². The predicted octanol–water partition coefficient (Wildman–Crippen LogP) is 0.449. The molecule has 4 amide bonds. The van der Waals surface area contributed by atoms with Gasteiger partial charge in [-0.3, -0.25) is 24.0 Å². The monoisotopic (exact) mass is 504 g/mol. The molecule has 198 valence electrons. The lowest BCUT2D eigenvalue weighted by molar-refractivity contribution is -0.145. The van der Waals surface area contributed by atoms with Crippen LogP contribution in [-0.4, -0.2) is 60.4 Å². The number of ether oxygens (including phenoxy) is 2. The number of hydrogen-bond donors (Lipinski definition) is 4. The lowest BCUT2D eigenvalue weighted by Crippen LogP contribution is -2.52. The number of nitrogens with two attached hydrogens (primary N) is 1. The molecule has 0 aromatic heterocycles. The van der Waals surface area contributed by atoms with E-state index in [-0.39, 0.29) is 44.1 Å². The molecule has 1 aromatic rings. The Hall–Kier alpha value is -3.47. The van der Waals surface area contributed by atoms with Crippen molar-refractivity contribution in [2.75, 3.05) is 6.61 Å². The molecule has 1 fully saturated rings. The quantitative estimate of drug-likeness (QED) is 0.283. The summed E-state index contributed by atoms with van der Waals surface area (Å²) in [6, 6.07) is 6.92. The summed E-state index contributed by atoms with van der Waals surface area (Å²) in [6.07, 6.45) is 2.98. The first-order valence-electron chi connectivity index (χ1n) is 12.1. The van der Waals surface area contributed by atoms with Crippen molar-refractivity contribution in [3.63, 3.8) is 0 Å². The molecule has 2 rings (SSSR count). The molecule has 0 unspecified atom stereocenters. The molecule has 1 aliphatic carbocycles. The summed E-state index contributed by atoms with van der Waals surface area (Å²) in [4.78, 5) is 60.0. The van der Waals surface area contributed by atoms with Crippen LogP contribution in [0.4, 0.5) is 0 Å². The molecule has 1 aliphatic rings. The molecule has 11 nitrogen and oxygen atoms in total. The molecule has 0 aliphatic heterocycles. The molecule has 1 aromatic carbocycles. The Morgan fingerprint density at radius 3 is 2.42 bits per heavy atom. The highest BCUT2D eigenvalue weighted by Gasteiger charge is 2.28. The highest BCUT2D eigenvalue weighted by atomic mass is 16.5. The molecule has 0 spiro atoms.